The number of nitrogens with two attached hydrogens (primary N) is 2. The van der Waals surface area contributed by atoms with Gasteiger partial charge in [-0.05, 0) is 6.92 Å². The van der Waals surface area contributed by atoms with Crippen molar-refractivity contribution < 1.29 is 4.79 Å². The Labute approximate surface area is 88.3 Å². The number of nitrogens with zero attached hydrogens (tertiary/aromatic N) is 3. The molecule has 0 bridgehead atoms. The van der Waals surface area contributed by atoms with Crippen molar-refractivity contribution >= 4 is 11.7 Å². The Morgan fingerprint density at radius 2 is 2.13 bits per heavy atom. The SMILES string of the molecule is CCN(CCN)c1nccnc1C(N)=O. The highest BCUT2D eigenvalue weighted by molar-refractivity contribution is 5.95. The molecule has 1 rings (SSSR count). The average molecular weight is 209 g/mol. The summed E-state index contributed by atoms with van der Waals surface area (Å²) < 4.78 is 0. The quantitative estimate of drug-likeness (QED) is 0.672. The van der Waals surface area contributed by atoms with Crippen LogP contribution in [-0.4, -0.2) is 35.5 Å². The predicted molar refractivity (Wildman–Crippen MR) is 57.5 cm³/mol. The second-order valence-corrected chi connectivity index (χ2v) is 2.96. The summed E-state index contributed by atoms with van der Waals surface area (Å²) >= 11 is 0. The number of anilines is 1. The number of hydrogen-bond acceptors (Lipinski definition) is 5. The maximum Gasteiger partial charge on any atom is 0.271 e. The minimum Gasteiger partial charge on any atom is -0.364 e. The number of carbonyl (C=O) groups is 1. The monoisotopic (exact) mass is 209 g/mol. The van der Waals surface area contributed by atoms with E-state index >= 15 is 0 Å². The molecule has 0 aliphatic heterocycles. The van der Waals surface area contributed by atoms with Crippen LogP contribution in [0.3, 0.4) is 0 Å². The lowest BCUT2D eigenvalue weighted by Gasteiger charge is -2.21. The molecule has 15 heavy (non-hydrogen) atoms. The van der Waals surface area contributed by atoms with E-state index in [4.69, 9.17) is 11.5 Å². The third-order valence-electron chi connectivity index (χ3n) is 1.99. The van der Waals surface area contributed by atoms with Gasteiger partial charge in [0.25, 0.3) is 5.91 Å². The van der Waals surface area contributed by atoms with Gasteiger partial charge in [0.15, 0.2) is 11.5 Å². The number of amides is 1. The fourth-order valence-corrected chi connectivity index (χ4v) is 1.31. The first-order valence-electron chi connectivity index (χ1n) is 4.76. The molecule has 1 aromatic heterocycles. The Morgan fingerprint density at radius 3 is 2.67 bits per heavy atom. The van der Waals surface area contributed by atoms with E-state index in [0.717, 1.165) is 0 Å². The minimum atomic E-state index is -0.575. The van der Waals surface area contributed by atoms with Crippen LogP contribution < -0.4 is 16.4 Å². The van der Waals surface area contributed by atoms with Crippen LogP contribution in [0.15, 0.2) is 12.4 Å². The molecular formula is C9H15N5O. The van der Waals surface area contributed by atoms with Gasteiger partial charge in [0.05, 0.1) is 0 Å². The van der Waals surface area contributed by atoms with Crippen LogP contribution in [0, 0.1) is 0 Å². The highest BCUT2D eigenvalue weighted by Gasteiger charge is 2.15. The molecule has 6 heteroatoms. The van der Waals surface area contributed by atoms with Crippen LogP contribution in [0.4, 0.5) is 5.82 Å². The molecule has 0 spiro atoms. The fraction of sp³-hybridized carbons (Fsp3) is 0.444. The lowest BCUT2D eigenvalue weighted by Crippen LogP contribution is -2.32. The van der Waals surface area contributed by atoms with Crippen molar-refractivity contribution in [1.29, 1.82) is 0 Å². The van der Waals surface area contributed by atoms with Crippen molar-refractivity contribution in [2.24, 2.45) is 11.5 Å². The van der Waals surface area contributed by atoms with Crippen molar-refractivity contribution in [2.45, 2.75) is 6.92 Å². The molecule has 4 N–H and O–H groups in total. The number of likely N-dealkylation sites (N-methyl/N-ethyl adjacent to an activating group) is 1. The maximum absolute atomic E-state index is 11.1. The van der Waals surface area contributed by atoms with Gasteiger partial charge in [-0.25, -0.2) is 9.97 Å². The van der Waals surface area contributed by atoms with Crippen molar-refractivity contribution in [1.82, 2.24) is 9.97 Å². The smallest absolute Gasteiger partial charge is 0.271 e. The summed E-state index contributed by atoms with van der Waals surface area (Å²) in [4.78, 5) is 21.0. The van der Waals surface area contributed by atoms with Crippen molar-refractivity contribution in [2.75, 3.05) is 24.5 Å². The van der Waals surface area contributed by atoms with Crippen molar-refractivity contribution in [3.8, 4) is 0 Å². The summed E-state index contributed by atoms with van der Waals surface area (Å²) in [6.07, 6.45) is 2.97. The summed E-state index contributed by atoms with van der Waals surface area (Å²) in [7, 11) is 0. The van der Waals surface area contributed by atoms with Gasteiger partial charge < -0.3 is 16.4 Å². The molecule has 1 aromatic rings. The van der Waals surface area contributed by atoms with Gasteiger partial charge in [-0.3, -0.25) is 4.79 Å². The molecule has 0 aliphatic carbocycles. The number of rotatable bonds is 5. The van der Waals surface area contributed by atoms with Crippen LogP contribution in [0.5, 0.6) is 0 Å². The number of carbonyl (C=O) groups excluding carboxylic acids is 1. The maximum atomic E-state index is 11.1. The Kier molecular flexibility index (Phi) is 3.99. The van der Waals surface area contributed by atoms with E-state index < -0.39 is 5.91 Å². The highest BCUT2D eigenvalue weighted by Crippen LogP contribution is 2.13. The van der Waals surface area contributed by atoms with Gasteiger partial charge in [0.2, 0.25) is 0 Å². The van der Waals surface area contributed by atoms with Crippen LogP contribution in [-0.2, 0) is 0 Å². The highest BCUT2D eigenvalue weighted by atomic mass is 16.1. The molecule has 0 atom stereocenters. The third-order valence-corrected chi connectivity index (χ3v) is 1.99. The van der Waals surface area contributed by atoms with Crippen LogP contribution >= 0.6 is 0 Å². The van der Waals surface area contributed by atoms with Gasteiger partial charge in [-0.2, -0.15) is 0 Å². The molecule has 0 aromatic carbocycles. The Balaban J connectivity index is 3.04. The zero-order valence-electron chi connectivity index (χ0n) is 8.68. The Bertz CT molecular complexity index is 341. The number of hydrogen-bond donors (Lipinski definition) is 2. The molecule has 0 radical (unpaired) electrons. The summed E-state index contributed by atoms with van der Waals surface area (Å²) in [6.45, 7) is 3.77. The molecule has 6 nitrogen and oxygen atoms in total. The van der Waals surface area contributed by atoms with Gasteiger partial charge in [0, 0.05) is 32.0 Å². The van der Waals surface area contributed by atoms with E-state index in [1.54, 1.807) is 0 Å². The molecule has 1 amide bonds. The van der Waals surface area contributed by atoms with E-state index in [-0.39, 0.29) is 5.69 Å². The van der Waals surface area contributed by atoms with Gasteiger partial charge in [-0.1, -0.05) is 0 Å². The second kappa shape index (κ2) is 5.26. The van der Waals surface area contributed by atoms with E-state index in [0.29, 0.717) is 25.5 Å². The first kappa shape index (κ1) is 11.4. The lowest BCUT2D eigenvalue weighted by atomic mass is 10.3. The topological polar surface area (TPSA) is 98.1 Å². The molecule has 0 saturated carbocycles. The van der Waals surface area contributed by atoms with E-state index in [2.05, 4.69) is 9.97 Å². The van der Waals surface area contributed by atoms with Gasteiger partial charge in [-0.15, -0.1) is 0 Å². The molecule has 0 unspecified atom stereocenters. The Morgan fingerprint density at radius 1 is 1.47 bits per heavy atom. The molecular weight excluding hydrogens is 194 g/mol. The number of primary amides is 1. The van der Waals surface area contributed by atoms with E-state index in [1.165, 1.54) is 12.4 Å². The standard InChI is InChI=1S/C9H15N5O/c1-2-14(6-3-10)9-7(8(11)15)12-4-5-13-9/h4-5H,2-3,6,10H2,1H3,(H2,11,15). The second-order valence-electron chi connectivity index (χ2n) is 2.96. The first-order valence-corrected chi connectivity index (χ1v) is 4.76. The molecule has 0 aliphatic rings. The largest absolute Gasteiger partial charge is 0.364 e. The summed E-state index contributed by atoms with van der Waals surface area (Å²) in [5.74, 6) is -0.0773. The average Bonchev–Trinajstić information content (AvgIpc) is 2.26. The minimum absolute atomic E-state index is 0.188. The molecule has 0 fully saturated rings. The summed E-state index contributed by atoms with van der Waals surface area (Å²) in [5, 5.41) is 0. The first-order chi connectivity index (χ1) is 7.20. The van der Waals surface area contributed by atoms with Crippen LogP contribution in [0.2, 0.25) is 0 Å². The van der Waals surface area contributed by atoms with Crippen LogP contribution in [0.25, 0.3) is 0 Å². The van der Waals surface area contributed by atoms with Crippen molar-refractivity contribution in [3.05, 3.63) is 18.1 Å². The third kappa shape index (κ3) is 2.63. The molecule has 1 heterocycles. The Hall–Kier alpha value is -1.69. The van der Waals surface area contributed by atoms with Gasteiger partial charge in [0.1, 0.15) is 0 Å². The van der Waals surface area contributed by atoms with E-state index in [9.17, 15) is 4.79 Å². The molecule has 82 valence electrons. The zero-order chi connectivity index (χ0) is 11.3. The number of aromatic nitrogens is 2. The van der Waals surface area contributed by atoms with Gasteiger partial charge >= 0.3 is 0 Å². The normalized spacial score (nSPS) is 10.0. The van der Waals surface area contributed by atoms with Crippen molar-refractivity contribution in [3.63, 3.8) is 0 Å². The van der Waals surface area contributed by atoms with E-state index in [1.807, 2.05) is 11.8 Å². The predicted octanol–water partition coefficient (Wildman–Crippen LogP) is -0.639. The van der Waals surface area contributed by atoms with Crippen LogP contribution in [0.1, 0.15) is 17.4 Å². The summed E-state index contributed by atoms with van der Waals surface area (Å²) in [6, 6.07) is 0. The summed E-state index contributed by atoms with van der Waals surface area (Å²) in [5.41, 5.74) is 10.9. The lowest BCUT2D eigenvalue weighted by molar-refractivity contribution is 0.0995. The zero-order valence-corrected chi connectivity index (χ0v) is 8.68. The fourth-order valence-electron chi connectivity index (χ4n) is 1.31. The molecule has 0 saturated heterocycles.